The third kappa shape index (κ3) is 4.32. The van der Waals surface area contributed by atoms with Crippen molar-refractivity contribution in [1.29, 1.82) is 0 Å². The minimum atomic E-state index is -0.128. The van der Waals surface area contributed by atoms with E-state index in [2.05, 4.69) is 57.7 Å². The monoisotopic (exact) mass is 412 g/mol. The lowest BCUT2D eigenvalue weighted by Gasteiger charge is -2.34. The number of benzene rings is 3. The predicted octanol–water partition coefficient (Wildman–Crippen LogP) is 3.84. The van der Waals surface area contributed by atoms with E-state index in [4.69, 9.17) is 0 Å². The van der Waals surface area contributed by atoms with E-state index in [9.17, 15) is 4.79 Å². The lowest BCUT2D eigenvalue weighted by Crippen LogP contribution is -2.53. The summed E-state index contributed by atoms with van der Waals surface area (Å²) < 4.78 is 0. The van der Waals surface area contributed by atoms with E-state index in [1.807, 2.05) is 41.6 Å². The molecule has 0 aromatic heterocycles. The summed E-state index contributed by atoms with van der Waals surface area (Å²) in [5.74, 6) is 0.178. The topological polar surface area (TPSA) is 47.9 Å². The molecule has 0 saturated carbocycles. The second-order valence-electron chi connectivity index (χ2n) is 8.42. The summed E-state index contributed by atoms with van der Waals surface area (Å²) >= 11 is 0. The fourth-order valence-corrected chi connectivity index (χ4v) is 4.58. The van der Waals surface area contributed by atoms with Gasteiger partial charge in [-0.3, -0.25) is 9.79 Å². The number of para-hydroxylation sites is 1. The molecule has 158 valence electrons. The summed E-state index contributed by atoms with van der Waals surface area (Å²) in [5, 5.41) is 6.07. The summed E-state index contributed by atoms with van der Waals surface area (Å²) in [6.45, 7) is 3.15. The molecule has 31 heavy (non-hydrogen) atoms. The zero-order valence-corrected chi connectivity index (χ0v) is 17.7. The van der Waals surface area contributed by atoms with Crippen molar-refractivity contribution in [3.63, 3.8) is 0 Å². The number of carbonyl (C=O) groups excluding carboxylic acids is 1. The number of amides is 1. The molecule has 1 amide bonds. The van der Waals surface area contributed by atoms with Crippen LogP contribution in [0.2, 0.25) is 0 Å². The maximum absolute atomic E-state index is 13.0. The first-order chi connectivity index (χ1) is 15.3. The van der Waals surface area contributed by atoms with Crippen LogP contribution in [0.15, 0.2) is 77.8 Å². The second-order valence-corrected chi connectivity index (χ2v) is 8.42. The highest BCUT2D eigenvalue weighted by atomic mass is 16.2. The molecule has 1 saturated heterocycles. The molecule has 0 aliphatic carbocycles. The van der Waals surface area contributed by atoms with Crippen molar-refractivity contribution in [3.05, 3.63) is 78.4 Å². The van der Waals surface area contributed by atoms with Crippen LogP contribution in [0.25, 0.3) is 10.8 Å². The van der Waals surface area contributed by atoms with Crippen LogP contribution in [-0.4, -0.2) is 48.9 Å². The Balaban J connectivity index is 1.21. The van der Waals surface area contributed by atoms with Gasteiger partial charge in [-0.15, -0.1) is 0 Å². The molecular formula is C26H28N4O. The molecule has 2 heterocycles. The van der Waals surface area contributed by atoms with Crippen molar-refractivity contribution >= 4 is 28.7 Å². The van der Waals surface area contributed by atoms with Crippen molar-refractivity contribution < 1.29 is 4.79 Å². The number of nitrogens with zero attached hydrogens (tertiary/aromatic N) is 3. The van der Waals surface area contributed by atoms with Crippen molar-refractivity contribution in [2.45, 2.75) is 31.5 Å². The Morgan fingerprint density at radius 1 is 0.968 bits per heavy atom. The largest absolute Gasteiger partial charge is 0.352 e. The number of aliphatic imine (C=N–C) groups is 1. The van der Waals surface area contributed by atoms with E-state index in [-0.39, 0.29) is 18.0 Å². The first-order valence-corrected chi connectivity index (χ1v) is 11.1. The lowest BCUT2D eigenvalue weighted by atomic mass is 10.0. The molecule has 5 heteroatoms. The molecule has 1 fully saturated rings. The highest BCUT2D eigenvalue weighted by molar-refractivity contribution is 5.97. The fourth-order valence-electron chi connectivity index (χ4n) is 4.58. The zero-order valence-electron chi connectivity index (χ0n) is 17.7. The molecule has 3 aromatic rings. The smallest absolute Gasteiger partial charge is 0.244 e. The van der Waals surface area contributed by atoms with Gasteiger partial charge in [0.2, 0.25) is 5.91 Å². The van der Waals surface area contributed by atoms with Crippen molar-refractivity contribution in [1.82, 2.24) is 10.2 Å². The van der Waals surface area contributed by atoms with Crippen LogP contribution < -0.4 is 10.2 Å². The van der Waals surface area contributed by atoms with Crippen molar-refractivity contribution in [2.75, 3.05) is 24.5 Å². The van der Waals surface area contributed by atoms with Crippen LogP contribution in [0.3, 0.4) is 0 Å². The van der Waals surface area contributed by atoms with Gasteiger partial charge in [0.25, 0.3) is 0 Å². The first-order valence-electron chi connectivity index (χ1n) is 11.1. The number of rotatable bonds is 6. The molecule has 0 spiro atoms. The molecule has 1 N–H and O–H groups in total. The molecule has 2 atom stereocenters. The van der Waals surface area contributed by atoms with Crippen molar-refractivity contribution in [3.8, 4) is 0 Å². The van der Waals surface area contributed by atoms with Crippen LogP contribution in [-0.2, 0) is 11.3 Å². The third-order valence-corrected chi connectivity index (χ3v) is 6.30. The van der Waals surface area contributed by atoms with Gasteiger partial charge in [-0.25, -0.2) is 0 Å². The number of hydrogen-bond acceptors (Lipinski definition) is 4. The van der Waals surface area contributed by atoms with E-state index < -0.39 is 0 Å². The molecule has 2 aliphatic rings. The van der Waals surface area contributed by atoms with E-state index in [1.54, 1.807) is 0 Å². The minimum Gasteiger partial charge on any atom is -0.352 e. The van der Waals surface area contributed by atoms with Gasteiger partial charge >= 0.3 is 0 Å². The predicted molar refractivity (Wildman–Crippen MR) is 126 cm³/mol. The molecule has 0 radical (unpaired) electrons. The second kappa shape index (κ2) is 8.90. The van der Waals surface area contributed by atoms with Gasteiger partial charge in [0, 0.05) is 25.3 Å². The molecule has 0 bridgehead atoms. The number of piperidine rings is 1. The van der Waals surface area contributed by atoms with Gasteiger partial charge < -0.3 is 15.1 Å². The van der Waals surface area contributed by atoms with E-state index in [0.29, 0.717) is 0 Å². The standard InChI is InChI=1S/C26H28N4O/c31-26-25(11-6-14-30(26)23-9-2-1-3-10-23)28-17-24-16-27-19-29(24)18-20-12-13-21-7-4-5-8-22(21)15-20/h1-5,7-10,12-13,15,19,24-25,28H,6,11,14,16-18H2. The lowest BCUT2D eigenvalue weighted by molar-refractivity contribution is -0.121. The van der Waals surface area contributed by atoms with Crippen LogP contribution in [0.1, 0.15) is 18.4 Å². The highest BCUT2D eigenvalue weighted by Gasteiger charge is 2.30. The van der Waals surface area contributed by atoms with Crippen LogP contribution in [0, 0.1) is 0 Å². The van der Waals surface area contributed by atoms with Gasteiger partial charge in [0.1, 0.15) is 0 Å². The Morgan fingerprint density at radius 3 is 2.65 bits per heavy atom. The normalized spacial score (nSPS) is 21.2. The summed E-state index contributed by atoms with van der Waals surface area (Å²) in [4.78, 5) is 21.8. The summed E-state index contributed by atoms with van der Waals surface area (Å²) in [6, 6.07) is 25.2. The average molecular weight is 413 g/mol. The first kappa shape index (κ1) is 19.8. The van der Waals surface area contributed by atoms with Crippen molar-refractivity contribution in [2.24, 2.45) is 4.99 Å². The number of carbonyl (C=O) groups is 1. The number of nitrogens with one attached hydrogen (secondary N) is 1. The Bertz CT molecular complexity index is 1080. The van der Waals surface area contributed by atoms with E-state index >= 15 is 0 Å². The van der Waals surface area contributed by atoms with E-state index in [1.165, 1.54) is 16.3 Å². The minimum absolute atomic E-state index is 0.128. The molecular weight excluding hydrogens is 384 g/mol. The fraction of sp³-hybridized carbons (Fsp3) is 0.308. The highest BCUT2D eigenvalue weighted by Crippen LogP contribution is 2.22. The third-order valence-electron chi connectivity index (χ3n) is 6.30. The Labute approximate surface area is 183 Å². The Hall–Kier alpha value is -3.18. The average Bonchev–Trinajstić information content (AvgIpc) is 3.26. The van der Waals surface area contributed by atoms with Crippen LogP contribution >= 0.6 is 0 Å². The van der Waals surface area contributed by atoms with E-state index in [0.717, 1.165) is 44.7 Å². The molecule has 3 aromatic carbocycles. The Morgan fingerprint density at radius 2 is 1.77 bits per heavy atom. The summed E-state index contributed by atoms with van der Waals surface area (Å²) in [5.41, 5.74) is 2.27. The quantitative estimate of drug-likeness (QED) is 0.669. The molecule has 5 rings (SSSR count). The van der Waals surface area contributed by atoms with Crippen LogP contribution in [0.4, 0.5) is 5.69 Å². The van der Waals surface area contributed by atoms with Gasteiger partial charge in [-0.05, 0) is 47.4 Å². The zero-order chi connectivity index (χ0) is 21.0. The maximum Gasteiger partial charge on any atom is 0.244 e. The van der Waals surface area contributed by atoms with Gasteiger partial charge in [0.15, 0.2) is 0 Å². The molecule has 2 aliphatic heterocycles. The number of anilines is 1. The summed E-state index contributed by atoms with van der Waals surface area (Å²) in [7, 11) is 0. The number of hydrogen-bond donors (Lipinski definition) is 1. The van der Waals surface area contributed by atoms with Gasteiger partial charge in [0.05, 0.1) is 25.0 Å². The van der Waals surface area contributed by atoms with Gasteiger partial charge in [-0.2, -0.15) is 0 Å². The molecule has 5 nitrogen and oxygen atoms in total. The number of fused-ring (bicyclic) bond motifs is 1. The Kier molecular flexibility index (Phi) is 5.67. The molecule has 2 unspecified atom stereocenters. The maximum atomic E-state index is 13.0. The van der Waals surface area contributed by atoms with Gasteiger partial charge in [-0.1, -0.05) is 54.6 Å². The summed E-state index contributed by atoms with van der Waals surface area (Å²) in [6.07, 6.45) is 3.86. The van der Waals surface area contributed by atoms with Crippen LogP contribution in [0.5, 0.6) is 0 Å². The SMILES string of the molecule is O=C1C(NCC2CN=CN2Cc2ccc3ccccc3c2)CCCN1c1ccccc1.